The summed E-state index contributed by atoms with van der Waals surface area (Å²) in [5, 5.41) is 22.1. The van der Waals surface area contributed by atoms with E-state index in [2.05, 4.69) is 15.0 Å². The zero-order chi connectivity index (χ0) is 18.5. The highest BCUT2D eigenvalue weighted by molar-refractivity contribution is 5.95. The highest BCUT2D eigenvalue weighted by Crippen LogP contribution is 2.44. The van der Waals surface area contributed by atoms with E-state index in [4.69, 9.17) is 0 Å². The summed E-state index contributed by atoms with van der Waals surface area (Å²) in [5.41, 5.74) is 5.48. The summed E-state index contributed by atoms with van der Waals surface area (Å²) in [5.74, 6) is -0.321. The van der Waals surface area contributed by atoms with Crippen molar-refractivity contribution in [3.05, 3.63) is 66.6 Å². The van der Waals surface area contributed by atoms with E-state index in [1.54, 1.807) is 24.0 Å². The lowest BCUT2D eigenvalue weighted by Gasteiger charge is -2.13. The van der Waals surface area contributed by atoms with Crippen LogP contribution in [0.1, 0.15) is 5.56 Å². The van der Waals surface area contributed by atoms with Crippen LogP contribution in [0.15, 0.2) is 61.1 Å². The predicted molar refractivity (Wildman–Crippen MR) is 104 cm³/mol. The number of imidazole rings is 1. The van der Waals surface area contributed by atoms with Gasteiger partial charge in [-0.1, -0.05) is 18.2 Å². The van der Waals surface area contributed by atoms with Gasteiger partial charge in [0.1, 0.15) is 0 Å². The van der Waals surface area contributed by atoms with E-state index in [1.165, 1.54) is 0 Å². The van der Waals surface area contributed by atoms with Crippen LogP contribution in [-0.4, -0.2) is 29.7 Å². The van der Waals surface area contributed by atoms with Crippen molar-refractivity contribution in [2.45, 2.75) is 6.92 Å². The van der Waals surface area contributed by atoms with Crippen LogP contribution < -0.4 is 0 Å². The summed E-state index contributed by atoms with van der Waals surface area (Å²) in [4.78, 5) is 11.7. The molecule has 0 atom stereocenters. The Balaban J connectivity index is 1.86. The number of para-hydroxylation sites is 1. The van der Waals surface area contributed by atoms with Crippen LogP contribution in [0, 0.1) is 6.92 Å². The fourth-order valence-corrected chi connectivity index (χ4v) is 3.60. The largest absolute Gasteiger partial charge is 0.503 e. The Kier molecular flexibility index (Phi) is 3.21. The summed E-state index contributed by atoms with van der Waals surface area (Å²) >= 11 is 0. The fourth-order valence-electron chi connectivity index (χ4n) is 3.60. The number of hydrogen-bond acceptors (Lipinski definition) is 4. The first-order valence-corrected chi connectivity index (χ1v) is 8.56. The molecule has 6 heteroatoms. The van der Waals surface area contributed by atoms with Gasteiger partial charge in [-0.25, -0.2) is 4.98 Å². The average Bonchev–Trinajstić information content (AvgIpc) is 3.25. The molecule has 0 bridgehead atoms. The second kappa shape index (κ2) is 5.60. The van der Waals surface area contributed by atoms with Crippen molar-refractivity contribution in [3.8, 4) is 28.6 Å². The van der Waals surface area contributed by atoms with Gasteiger partial charge in [0.15, 0.2) is 5.75 Å². The molecule has 132 valence electrons. The van der Waals surface area contributed by atoms with Gasteiger partial charge in [0.05, 0.1) is 34.3 Å². The van der Waals surface area contributed by atoms with Gasteiger partial charge < -0.3 is 15.2 Å². The normalized spacial score (nSPS) is 11.4. The molecule has 3 aromatic heterocycles. The number of nitrogens with one attached hydrogen (secondary N) is 1. The minimum atomic E-state index is -0.192. The maximum Gasteiger partial charge on any atom is 0.240 e. The number of benzene rings is 2. The first kappa shape index (κ1) is 15.5. The van der Waals surface area contributed by atoms with Gasteiger partial charge in [-0.15, -0.1) is 0 Å². The Morgan fingerprint density at radius 3 is 2.70 bits per heavy atom. The number of pyridine rings is 1. The Labute approximate surface area is 154 Å². The van der Waals surface area contributed by atoms with Crippen LogP contribution in [0.2, 0.25) is 0 Å². The van der Waals surface area contributed by atoms with Crippen LogP contribution in [-0.2, 0) is 0 Å². The van der Waals surface area contributed by atoms with Crippen LogP contribution in [0.3, 0.4) is 0 Å². The first-order chi connectivity index (χ1) is 13.1. The Morgan fingerprint density at radius 1 is 0.963 bits per heavy atom. The third-order valence-electron chi connectivity index (χ3n) is 4.92. The van der Waals surface area contributed by atoms with E-state index in [0.29, 0.717) is 5.56 Å². The number of hydrogen-bond donors (Lipinski definition) is 3. The smallest absolute Gasteiger partial charge is 0.240 e. The topological polar surface area (TPSA) is 87.0 Å². The van der Waals surface area contributed by atoms with Gasteiger partial charge in [0.25, 0.3) is 0 Å². The van der Waals surface area contributed by atoms with Gasteiger partial charge in [0.2, 0.25) is 5.88 Å². The number of rotatable bonds is 2. The third kappa shape index (κ3) is 2.20. The van der Waals surface area contributed by atoms with Gasteiger partial charge >= 0.3 is 0 Å². The molecule has 0 spiro atoms. The van der Waals surface area contributed by atoms with Crippen molar-refractivity contribution < 1.29 is 10.2 Å². The summed E-state index contributed by atoms with van der Waals surface area (Å²) in [6.45, 7) is 1.80. The first-order valence-electron chi connectivity index (χ1n) is 8.56. The summed E-state index contributed by atoms with van der Waals surface area (Å²) in [7, 11) is 0. The van der Waals surface area contributed by atoms with Crippen molar-refractivity contribution in [1.82, 2.24) is 19.5 Å². The highest BCUT2D eigenvalue weighted by Gasteiger charge is 2.23. The molecule has 0 amide bonds. The second-order valence-electron chi connectivity index (χ2n) is 6.46. The summed E-state index contributed by atoms with van der Waals surface area (Å²) in [6, 6.07) is 15.4. The van der Waals surface area contributed by atoms with Crippen LogP contribution in [0.4, 0.5) is 0 Å². The minimum absolute atomic E-state index is 0.129. The van der Waals surface area contributed by atoms with Gasteiger partial charge in [-0.05, 0) is 37.3 Å². The fraction of sp³-hybridized carbons (Fsp3) is 0.0476. The molecule has 5 rings (SSSR count). The molecule has 6 nitrogen and oxygen atoms in total. The molecule has 0 aliphatic rings. The van der Waals surface area contributed by atoms with Gasteiger partial charge in [-0.2, -0.15) is 0 Å². The molecule has 5 aromatic rings. The number of aromatic hydroxyl groups is 2. The lowest BCUT2D eigenvalue weighted by Crippen LogP contribution is -1.98. The molecular formula is C21H16N4O2. The lowest BCUT2D eigenvalue weighted by molar-refractivity contribution is 0.386. The van der Waals surface area contributed by atoms with E-state index in [9.17, 15) is 10.2 Å². The van der Waals surface area contributed by atoms with E-state index in [-0.39, 0.29) is 11.6 Å². The van der Waals surface area contributed by atoms with E-state index in [1.807, 2.05) is 48.5 Å². The Bertz CT molecular complexity index is 1310. The van der Waals surface area contributed by atoms with Crippen molar-refractivity contribution in [1.29, 1.82) is 0 Å². The SMILES string of the molecule is Cc1c(O)c(O)n(-c2ccc3nc[nH]c3c2)c1-c1ccnc2ccccc12. The van der Waals surface area contributed by atoms with Gasteiger partial charge in [-0.3, -0.25) is 9.55 Å². The van der Waals surface area contributed by atoms with Crippen molar-refractivity contribution >= 4 is 21.9 Å². The number of aromatic nitrogens is 4. The summed E-state index contributed by atoms with van der Waals surface area (Å²) < 4.78 is 1.66. The molecule has 0 saturated carbocycles. The standard InChI is InChI=1S/C21H16N4O2/c1-12-19(15-8-9-22-16-5-3-2-4-14(15)16)25(21(27)20(12)26)13-6-7-17-18(10-13)24-11-23-17/h2-11,26-27H,1H3,(H,23,24). The van der Waals surface area contributed by atoms with E-state index >= 15 is 0 Å². The van der Waals surface area contributed by atoms with Crippen LogP contribution >= 0.6 is 0 Å². The molecule has 3 heterocycles. The molecule has 3 N–H and O–H groups in total. The third-order valence-corrected chi connectivity index (χ3v) is 4.92. The molecule has 0 saturated heterocycles. The second-order valence-corrected chi connectivity index (χ2v) is 6.46. The number of aromatic amines is 1. The minimum Gasteiger partial charge on any atom is -0.503 e. The molecular weight excluding hydrogens is 340 g/mol. The quantitative estimate of drug-likeness (QED) is 0.440. The maximum absolute atomic E-state index is 10.7. The molecule has 2 aromatic carbocycles. The maximum atomic E-state index is 10.7. The predicted octanol–water partition coefficient (Wildman–Crippen LogP) is 4.29. The monoisotopic (exact) mass is 356 g/mol. The Hall–Kier alpha value is -3.80. The summed E-state index contributed by atoms with van der Waals surface area (Å²) in [6.07, 6.45) is 3.37. The number of fused-ring (bicyclic) bond motifs is 2. The average molecular weight is 356 g/mol. The zero-order valence-electron chi connectivity index (χ0n) is 14.5. The molecule has 0 fully saturated rings. The Morgan fingerprint density at radius 2 is 1.81 bits per heavy atom. The molecule has 0 aliphatic heterocycles. The highest BCUT2D eigenvalue weighted by atomic mass is 16.3. The van der Waals surface area contributed by atoms with E-state index in [0.717, 1.165) is 38.9 Å². The lowest BCUT2D eigenvalue weighted by atomic mass is 10.0. The zero-order valence-corrected chi connectivity index (χ0v) is 14.5. The van der Waals surface area contributed by atoms with Crippen molar-refractivity contribution in [2.75, 3.05) is 0 Å². The molecule has 0 aliphatic carbocycles. The number of H-pyrrole nitrogens is 1. The van der Waals surface area contributed by atoms with Crippen molar-refractivity contribution in [2.24, 2.45) is 0 Å². The van der Waals surface area contributed by atoms with Crippen molar-refractivity contribution in [3.63, 3.8) is 0 Å². The molecule has 0 radical (unpaired) electrons. The number of nitrogens with zero attached hydrogens (tertiary/aromatic N) is 3. The molecule has 27 heavy (non-hydrogen) atoms. The van der Waals surface area contributed by atoms with Gasteiger partial charge in [0, 0.05) is 22.7 Å². The van der Waals surface area contributed by atoms with Crippen LogP contribution in [0.5, 0.6) is 11.6 Å². The van der Waals surface area contributed by atoms with E-state index < -0.39 is 0 Å². The van der Waals surface area contributed by atoms with Crippen LogP contribution in [0.25, 0.3) is 38.9 Å². The molecule has 0 unspecified atom stereocenters.